The summed E-state index contributed by atoms with van der Waals surface area (Å²) in [6.45, 7) is 0.621. The van der Waals surface area contributed by atoms with Gasteiger partial charge < -0.3 is 23.6 Å². The molecule has 2 aromatic carbocycles. The molecule has 4 rings (SSSR count). The van der Waals surface area contributed by atoms with E-state index in [1.54, 1.807) is 50.5 Å². The van der Waals surface area contributed by atoms with E-state index in [9.17, 15) is 4.79 Å². The first kappa shape index (κ1) is 19.8. The minimum Gasteiger partial charge on any atom is -0.496 e. The van der Waals surface area contributed by atoms with E-state index in [1.807, 2.05) is 18.2 Å². The Labute approximate surface area is 174 Å². The van der Waals surface area contributed by atoms with Crippen LogP contribution in [-0.2, 0) is 0 Å². The van der Waals surface area contributed by atoms with E-state index in [-0.39, 0.29) is 11.9 Å². The lowest BCUT2D eigenvalue weighted by atomic mass is 10.1. The van der Waals surface area contributed by atoms with E-state index in [0.717, 1.165) is 18.4 Å². The van der Waals surface area contributed by atoms with Crippen LogP contribution in [-0.4, -0.2) is 48.8 Å². The van der Waals surface area contributed by atoms with Crippen molar-refractivity contribution >= 4 is 5.91 Å². The third-order valence-electron chi connectivity index (χ3n) is 5.22. The molecule has 1 amide bonds. The quantitative estimate of drug-likeness (QED) is 0.613. The molecule has 8 heteroatoms. The summed E-state index contributed by atoms with van der Waals surface area (Å²) in [4.78, 5) is 19.5. The van der Waals surface area contributed by atoms with E-state index in [0.29, 0.717) is 41.1 Å². The highest BCUT2D eigenvalue weighted by Gasteiger charge is 2.35. The Morgan fingerprint density at radius 3 is 2.57 bits per heavy atom. The SMILES string of the molecule is COc1ccc(-c2noc([C@H]3CCCN3C(=O)c3ccccc3OC)n2)cc1OC. The van der Waals surface area contributed by atoms with Gasteiger partial charge in [0.15, 0.2) is 11.5 Å². The third kappa shape index (κ3) is 3.56. The predicted molar refractivity (Wildman–Crippen MR) is 109 cm³/mol. The number of carbonyl (C=O) groups is 1. The van der Waals surface area contributed by atoms with Gasteiger partial charge in [0.05, 0.1) is 26.9 Å². The highest BCUT2D eigenvalue weighted by Crippen LogP contribution is 2.36. The molecule has 0 N–H and O–H groups in total. The fourth-order valence-electron chi connectivity index (χ4n) is 3.71. The Morgan fingerprint density at radius 1 is 1.03 bits per heavy atom. The van der Waals surface area contributed by atoms with Gasteiger partial charge in [-0.05, 0) is 43.2 Å². The van der Waals surface area contributed by atoms with Crippen LogP contribution < -0.4 is 14.2 Å². The molecule has 156 valence electrons. The molecule has 0 saturated carbocycles. The van der Waals surface area contributed by atoms with Gasteiger partial charge >= 0.3 is 0 Å². The Morgan fingerprint density at radius 2 is 1.80 bits per heavy atom. The van der Waals surface area contributed by atoms with Crippen LogP contribution in [0.5, 0.6) is 17.2 Å². The van der Waals surface area contributed by atoms with E-state index in [4.69, 9.17) is 18.7 Å². The van der Waals surface area contributed by atoms with Gasteiger partial charge in [0.1, 0.15) is 11.8 Å². The van der Waals surface area contributed by atoms with Crippen LogP contribution in [0.25, 0.3) is 11.4 Å². The van der Waals surface area contributed by atoms with Crippen molar-refractivity contribution in [1.29, 1.82) is 0 Å². The van der Waals surface area contributed by atoms with E-state index in [1.165, 1.54) is 0 Å². The number of hydrogen-bond donors (Lipinski definition) is 0. The topological polar surface area (TPSA) is 86.9 Å². The summed E-state index contributed by atoms with van der Waals surface area (Å²) in [6, 6.07) is 12.3. The summed E-state index contributed by atoms with van der Waals surface area (Å²) < 4.78 is 21.5. The molecule has 8 nitrogen and oxygen atoms in total. The molecular weight excluding hydrogens is 386 g/mol. The van der Waals surface area contributed by atoms with Crippen molar-refractivity contribution in [2.45, 2.75) is 18.9 Å². The van der Waals surface area contributed by atoms with Crippen molar-refractivity contribution in [1.82, 2.24) is 15.0 Å². The number of hydrogen-bond acceptors (Lipinski definition) is 7. The third-order valence-corrected chi connectivity index (χ3v) is 5.22. The number of amides is 1. The molecule has 0 unspecified atom stereocenters. The fraction of sp³-hybridized carbons (Fsp3) is 0.318. The van der Waals surface area contributed by atoms with Crippen molar-refractivity contribution < 1.29 is 23.5 Å². The molecule has 0 radical (unpaired) electrons. The van der Waals surface area contributed by atoms with Crippen LogP contribution in [0.4, 0.5) is 0 Å². The molecular formula is C22H23N3O5. The second kappa shape index (κ2) is 8.44. The van der Waals surface area contributed by atoms with Crippen molar-refractivity contribution in [2.24, 2.45) is 0 Å². The summed E-state index contributed by atoms with van der Waals surface area (Å²) in [5.41, 5.74) is 1.26. The van der Waals surface area contributed by atoms with Gasteiger partial charge in [0.25, 0.3) is 5.91 Å². The van der Waals surface area contributed by atoms with Crippen LogP contribution in [0, 0.1) is 0 Å². The fourth-order valence-corrected chi connectivity index (χ4v) is 3.71. The van der Waals surface area contributed by atoms with Crippen molar-refractivity contribution in [3.63, 3.8) is 0 Å². The number of methoxy groups -OCH3 is 3. The number of nitrogens with zero attached hydrogens (tertiary/aromatic N) is 3. The zero-order valence-corrected chi connectivity index (χ0v) is 17.1. The van der Waals surface area contributed by atoms with Gasteiger partial charge in [0.2, 0.25) is 11.7 Å². The normalized spacial score (nSPS) is 15.8. The molecule has 1 atom stereocenters. The maximum Gasteiger partial charge on any atom is 0.258 e. The Balaban J connectivity index is 1.60. The number of aromatic nitrogens is 2. The summed E-state index contributed by atoms with van der Waals surface area (Å²) in [7, 11) is 4.71. The summed E-state index contributed by atoms with van der Waals surface area (Å²) in [5.74, 6) is 2.48. The Hall–Kier alpha value is -3.55. The number of carbonyl (C=O) groups excluding carboxylic acids is 1. The van der Waals surface area contributed by atoms with Crippen molar-refractivity contribution in [3.8, 4) is 28.6 Å². The van der Waals surface area contributed by atoms with Crippen molar-refractivity contribution in [2.75, 3.05) is 27.9 Å². The second-order valence-corrected chi connectivity index (χ2v) is 6.88. The summed E-state index contributed by atoms with van der Waals surface area (Å²) in [5, 5.41) is 4.12. The van der Waals surface area contributed by atoms with Crippen molar-refractivity contribution in [3.05, 3.63) is 53.9 Å². The first-order valence-corrected chi connectivity index (χ1v) is 9.66. The minimum absolute atomic E-state index is 0.110. The molecule has 1 aliphatic heterocycles. The van der Waals surface area contributed by atoms with Gasteiger partial charge in [-0.25, -0.2) is 0 Å². The number of likely N-dealkylation sites (tertiary alicyclic amines) is 1. The largest absolute Gasteiger partial charge is 0.496 e. The first-order chi connectivity index (χ1) is 14.7. The second-order valence-electron chi connectivity index (χ2n) is 6.88. The van der Waals surface area contributed by atoms with Crippen LogP contribution >= 0.6 is 0 Å². The van der Waals surface area contributed by atoms with Gasteiger partial charge in [-0.3, -0.25) is 4.79 Å². The molecule has 1 saturated heterocycles. The average Bonchev–Trinajstić information content (AvgIpc) is 3.47. The molecule has 1 fully saturated rings. The number of benzene rings is 2. The summed E-state index contributed by atoms with van der Waals surface area (Å²) in [6.07, 6.45) is 1.62. The molecule has 1 aromatic heterocycles. The molecule has 2 heterocycles. The lowest BCUT2D eigenvalue weighted by Crippen LogP contribution is -2.31. The monoisotopic (exact) mass is 409 g/mol. The molecule has 30 heavy (non-hydrogen) atoms. The number of ether oxygens (including phenoxy) is 3. The van der Waals surface area contributed by atoms with E-state index >= 15 is 0 Å². The zero-order chi connectivity index (χ0) is 21.1. The van der Waals surface area contributed by atoms with E-state index < -0.39 is 0 Å². The maximum atomic E-state index is 13.2. The molecule has 0 bridgehead atoms. The van der Waals surface area contributed by atoms with Crippen LogP contribution in [0.15, 0.2) is 47.0 Å². The van der Waals surface area contributed by atoms with E-state index in [2.05, 4.69) is 10.1 Å². The number of para-hydroxylation sites is 1. The van der Waals surface area contributed by atoms with Crippen LogP contribution in [0.2, 0.25) is 0 Å². The Bertz CT molecular complexity index is 1050. The highest BCUT2D eigenvalue weighted by molar-refractivity contribution is 5.97. The number of rotatable bonds is 6. The van der Waals surface area contributed by atoms with Gasteiger partial charge in [-0.15, -0.1) is 0 Å². The molecule has 0 spiro atoms. The highest BCUT2D eigenvalue weighted by atomic mass is 16.5. The lowest BCUT2D eigenvalue weighted by Gasteiger charge is -2.22. The summed E-state index contributed by atoms with van der Waals surface area (Å²) >= 11 is 0. The lowest BCUT2D eigenvalue weighted by molar-refractivity contribution is 0.0706. The average molecular weight is 409 g/mol. The van der Waals surface area contributed by atoms with Gasteiger partial charge in [-0.1, -0.05) is 17.3 Å². The van der Waals surface area contributed by atoms with Gasteiger partial charge in [0, 0.05) is 12.1 Å². The predicted octanol–water partition coefficient (Wildman–Crippen LogP) is 3.74. The maximum absolute atomic E-state index is 13.2. The molecule has 0 aliphatic carbocycles. The standard InChI is InChI=1S/C22H23N3O5/c1-27-17-9-5-4-7-15(17)22(26)25-12-6-8-16(25)21-23-20(24-30-21)14-10-11-18(28-2)19(13-14)29-3/h4-5,7,9-11,13,16H,6,8,12H2,1-3H3/t16-/m1/s1. The first-order valence-electron chi connectivity index (χ1n) is 9.66. The van der Waals surface area contributed by atoms with Crippen LogP contribution in [0.1, 0.15) is 35.1 Å². The Kier molecular flexibility index (Phi) is 5.56. The smallest absolute Gasteiger partial charge is 0.258 e. The molecule has 1 aliphatic rings. The van der Waals surface area contributed by atoms with Gasteiger partial charge in [-0.2, -0.15) is 4.98 Å². The van der Waals surface area contributed by atoms with Crippen LogP contribution in [0.3, 0.4) is 0 Å². The molecule has 3 aromatic rings. The zero-order valence-electron chi connectivity index (χ0n) is 17.1. The minimum atomic E-state index is -0.274.